The fraction of sp³-hybridized carbons (Fsp3) is 0.769. The van der Waals surface area contributed by atoms with Gasteiger partial charge in [-0.25, -0.2) is 8.42 Å². The van der Waals surface area contributed by atoms with E-state index >= 15 is 0 Å². The number of hydrogen-bond acceptors (Lipinski definition) is 4. The van der Waals surface area contributed by atoms with Crippen LogP contribution >= 0.6 is 0 Å². The van der Waals surface area contributed by atoms with Gasteiger partial charge in [0, 0.05) is 36.9 Å². The van der Waals surface area contributed by atoms with Crippen molar-refractivity contribution in [3.63, 3.8) is 0 Å². The van der Waals surface area contributed by atoms with E-state index in [4.69, 9.17) is 0 Å². The van der Waals surface area contributed by atoms with Crippen molar-refractivity contribution in [2.24, 2.45) is 0 Å². The van der Waals surface area contributed by atoms with Crippen LogP contribution in [-0.4, -0.2) is 42.1 Å². The molecule has 0 unspecified atom stereocenters. The number of hydrogen-bond donors (Lipinski definition) is 2. The van der Waals surface area contributed by atoms with Gasteiger partial charge in [0.25, 0.3) is 10.0 Å². The molecule has 0 saturated heterocycles. The summed E-state index contributed by atoms with van der Waals surface area (Å²) in [5, 5.41) is 10.4. The third-order valence-corrected chi connectivity index (χ3v) is 5.54. The summed E-state index contributed by atoms with van der Waals surface area (Å²) in [5.41, 5.74) is 1.59. The van der Waals surface area contributed by atoms with Crippen molar-refractivity contribution in [1.82, 2.24) is 19.8 Å². The smallest absolute Gasteiger partial charge is 0.262 e. The monoisotopic (exact) mass is 300 g/mol. The van der Waals surface area contributed by atoms with Crippen LogP contribution in [0.4, 0.5) is 0 Å². The number of nitrogens with zero attached hydrogens (tertiary/aromatic N) is 2. The molecular weight excluding hydrogens is 276 g/mol. The zero-order valence-corrected chi connectivity index (χ0v) is 13.3. The summed E-state index contributed by atoms with van der Waals surface area (Å²) in [6.07, 6.45) is 3.15. The quantitative estimate of drug-likeness (QED) is 0.760. The summed E-state index contributed by atoms with van der Waals surface area (Å²) in [6, 6.07) is 0.540. The highest BCUT2D eigenvalue weighted by Gasteiger charge is 2.30. The van der Waals surface area contributed by atoms with E-state index < -0.39 is 10.0 Å². The van der Waals surface area contributed by atoms with Crippen LogP contribution in [-0.2, 0) is 16.6 Å². The highest BCUT2D eigenvalue weighted by atomic mass is 32.2. The van der Waals surface area contributed by atoms with Crippen LogP contribution in [0.5, 0.6) is 0 Å². The van der Waals surface area contributed by atoms with Crippen LogP contribution in [0.15, 0.2) is 5.03 Å². The van der Waals surface area contributed by atoms with Gasteiger partial charge in [-0.15, -0.1) is 0 Å². The van der Waals surface area contributed by atoms with Crippen molar-refractivity contribution in [1.29, 1.82) is 0 Å². The fourth-order valence-electron chi connectivity index (χ4n) is 2.21. The maximum Gasteiger partial charge on any atom is 0.262 e. The minimum Gasteiger partial charge on any atom is -0.310 e. The van der Waals surface area contributed by atoms with E-state index in [-0.39, 0.29) is 5.03 Å². The Balaban J connectivity index is 2.25. The minimum absolute atomic E-state index is 0.179. The molecule has 1 aliphatic rings. The lowest BCUT2D eigenvalue weighted by atomic mass is 10.2. The summed E-state index contributed by atoms with van der Waals surface area (Å²) in [6.45, 7) is 7.26. The minimum atomic E-state index is -3.50. The van der Waals surface area contributed by atoms with E-state index in [0.717, 1.165) is 17.7 Å². The largest absolute Gasteiger partial charge is 0.310 e. The molecule has 114 valence electrons. The van der Waals surface area contributed by atoms with Crippen LogP contribution in [0.25, 0.3) is 0 Å². The summed E-state index contributed by atoms with van der Waals surface area (Å²) < 4.78 is 26.8. The van der Waals surface area contributed by atoms with Crippen molar-refractivity contribution < 1.29 is 8.42 Å². The Hall–Kier alpha value is -0.920. The Morgan fingerprint density at radius 2 is 2.10 bits per heavy atom. The fourth-order valence-corrected chi connectivity index (χ4v) is 3.91. The Morgan fingerprint density at radius 1 is 1.40 bits per heavy atom. The van der Waals surface area contributed by atoms with Crippen molar-refractivity contribution >= 4 is 10.0 Å². The maximum atomic E-state index is 12.7. The number of rotatable bonds is 8. The van der Waals surface area contributed by atoms with Gasteiger partial charge >= 0.3 is 0 Å². The van der Waals surface area contributed by atoms with Gasteiger partial charge in [-0.1, -0.05) is 13.8 Å². The first-order valence-corrected chi connectivity index (χ1v) is 8.72. The lowest BCUT2D eigenvalue weighted by molar-refractivity contribution is 0.424. The van der Waals surface area contributed by atoms with Crippen LogP contribution in [0, 0.1) is 6.92 Å². The Morgan fingerprint density at radius 3 is 2.65 bits per heavy atom. The van der Waals surface area contributed by atoms with E-state index in [0.29, 0.717) is 25.7 Å². The standard InChI is InChI=1S/C13H24N4O2S/c1-4-8-17(5-2)20(18,19)13-12(10(3)15-16-13)9-14-11-6-7-11/h11,14H,4-9H2,1-3H3,(H,15,16). The summed E-state index contributed by atoms with van der Waals surface area (Å²) >= 11 is 0. The number of aromatic amines is 1. The van der Waals surface area contributed by atoms with Gasteiger partial charge in [-0.3, -0.25) is 5.10 Å². The number of aromatic nitrogens is 2. The van der Waals surface area contributed by atoms with E-state index in [2.05, 4.69) is 15.5 Å². The molecule has 2 N–H and O–H groups in total. The van der Waals surface area contributed by atoms with Crippen molar-refractivity contribution in [3.8, 4) is 0 Å². The van der Waals surface area contributed by atoms with Gasteiger partial charge in [0.05, 0.1) is 0 Å². The number of sulfonamides is 1. The van der Waals surface area contributed by atoms with Crippen LogP contribution in [0.2, 0.25) is 0 Å². The van der Waals surface area contributed by atoms with Gasteiger partial charge < -0.3 is 5.32 Å². The van der Waals surface area contributed by atoms with Crippen LogP contribution < -0.4 is 5.32 Å². The average Bonchev–Trinajstić information content (AvgIpc) is 3.16. The molecule has 0 radical (unpaired) electrons. The molecule has 0 atom stereocenters. The first kappa shape index (κ1) is 15.5. The van der Waals surface area contributed by atoms with Gasteiger partial charge in [0.15, 0.2) is 5.03 Å². The Labute approximate surface area is 121 Å². The predicted octanol–water partition coefficient (Wildman–Crippen LogP) is 1.39. The lowest BCUT2D eigenvalue weighted by Gasteiger charge is -2.19. The second kappa shape index (κ2) is 6.24. The molecule has 0 aromatic carbocycles. The van der Waals surface area contributed by atoms with Crippen molar-refractivity contribution in [2.75, 3.05) is 13.1 Å². The highest BCUT2D eigenvalue weighted by Crippen LogP contribution is 2.23. The van der Waals surface area contributed by atoms with E-state index in [1.165, 1.54) is 17.1 Å². The maximum absolute atomic E-state index is 12.7. The molecule has 0 bridgehead atoms. The molecule has 0 amide bonds. The van der Waals surface area contributed by atoms with Crippen molar-refractivity contribution in [2.45, 2.75) is 57.6 Å². The molecule has 0 aliphatic heterocycles. The number of H-pyrrole nitrogens is 1. The summed E-state index contributed by atoms with van der Waals surface area (Å²) in [7, 11) is -3.50. The summed E-state index contributed by atoms with van der Waals surface area (Å²) in [4.78, 5) is 0. The molecule has 1 aliphatic carbocycles. The van der Waals surface area contributed by atoms with Gasteiger partial charge in [0.1, 0.15) is 0 Å². The zero-order chi connectivity index (χ0) is 14.8. The Kier molecular flexibility index (Phi) is 4.82. The van der Waals surface area contributed by atoms with E-state index in [1.54, 1.807) is 0 Å². The third kappa shape index (κ3) is 3.21. The van der Waals surface area contributed by atoms with Gasteiger partial charge in [-0.05, 0) is 26.2 Å². The highest BCUT2D eigenvalue weighted by molar-refractivity contribution is 7.89. The first-order chi connectivity index (χ1) is 9.50. The molecular formula is C13H24N4O2S. The zero-order valence-electron chi connectivity index (χ0n) is 12.4. The third-order valence-electron chi connectivity index (χ3n) is 3.59. The summed E-state index contributed by atoms with van der Waals surface area (Å²) in [5.74, 6) is 0. The molecule has 7 heteroatoms. The molecule has 1 heterocycles. The molecule has 1 aromatic heterocycles. The van der Waals surface area contributed by atoms with E-state index in [1.807, 2.05) is 20.8 Å². The molecule has 1 saturated carbocycles. The average molecular weight is 300 g/mol. The molecule has 20 heavy (non-hydrogen) atoms. The molecule has 6 nitrogen and oxygen atoms in total. The predicted molar refractivity (Wildman–Crippen MR) is 77.9 cm³/mol. The van der Waals surface area contributed by atoms with Gasteiger partial charge in [-0.2, -0.15) is 9.40 Å². The SMILES string of the molecule is CCCN(CC)S(=O)(=O)c1n[nH]c(C)c1CNC1CC1. The van der Waals surface area contributed by atoms with Crippen LogP contribution in [0.1, 0.15) is 44.4 Å². The molecule has 1 fully saturated rings. The van der Waals surface area contributed by atoms with Crippen LogP contribution in [0.3, 0.4) is 0 Å². The first-order valence-electron chi connectivity index (χ1n) is 7.28. The normalized spacial score (nSPS) is 16.0. The van der Waals surface area contributed by atoms with Crippen molar-refractivity contribution in [3.05, 3.63) is 11.3 Å². The van der Waals surface area contributed by atoms with Gasteiger partial charge in [0.2, 0.25) is 0 Å². The molecule has 0 spiro atoms. The Bertz CT molecular complexity index is 549. The van der Waals surface area contributed by atoms with E-state index in [9.17, 15) is 8.42 Å². The molecule has 1 aromatic rings. The second-order valence-electron chi connectivity index (χ2n) is 5.28. The lowest BCUT2D eigenvalue weighted by Crippen LogP contribution is -2.33. The number of nitrogens with one attached hydrogen (secondary N) is 2. The topological polar surface area (TPSA) is 78.1 Å². The number of aryl methyl sites for hydroxylation is 1. The second-order valence-corrected chi connectivity index (χ2v) is 7.14. The molecule has 2 rings (SSSR count).